The maximum Gasteiger partial charge on any atom is 0.251 e. The van der Waals surface area contributed by atoms with E-state index in [-0.39, 0.29) is 24.4 Å². The van der Waals surface area contributed by atoms with Crippen molar-refractivity contribution in [1.29, 1.82) is 0 Å². The van der Waals surface area contributed by atoms with Crippen LogP contribution in [-0.4, -0.2) is 31.6 Å². The fraction of sp³-hybridized carbons (Fsp3) is 0.500. The molecule has 0 unspecified atom stereocenters. The van der Waals surface area contributed by atoms with Crippen molar-refractivity contribution in [1.82, 2.24) is 10.6 Å². The van der Waals surface area contributed by atoms with Gasteiger partial charge in [0.15, 0.2) is 0 Å². The Labute approximate surface area is 120 Å². The summed E-state index contributed by atoms with van der Waals surface area (Å²) in [5.41, 5.74) is 0.666. The number of hydrogen-bond donors (Lipinski definition) is 2. The normalized spacial score (nSPS) is 15.4. The Morgan fingerprint density at radius 2 is 2.16 bits per heavy atom. The van der Waals surface area contributed by atoms with Gasteiger partial charge in [-0.25, -0.2) is 0 Å². The molecule has 1 saturated heterocycles. The van der Waals surface area contributed by atoms with Gasteiger partial charge in [-0.15, -0.1) is 12.4 Å². The largest absolute Gasteiger partial charge is 0.494 e. The molecule has 1 aromatic rings. The molecule has 0 bridgehead atoms. The zero-order valence-electron chi connectivity index (χ0n) is 11.1. The van der Waals surface area contributed by atoms with Crippen molar-refractivity contribution >= 4 is 18.3 Å². The number of hydrogen-bond acceptors (Lipinski definition) is 3. The maximum atomic E-state index is 12.1. The van der Waals surface area contributed by atoms with Crippen LogP contribution >= 0.6 is 12.4 Å². The highest BCUT2D eigenvalue weighted by molar-refractivity contribution is 5.94. The quantitative estimate of drug-likeness (QED) is 0.889. The maximum absolute atomic E-state index is 12.1. The van der Waals surface area contributed by atoms with E-state index in [0.29, 0.717) is 12.2 Å². The first-order valence-corrected chi connectivity index (χ1v) is 6.54. The molecule has 1 aromatic carbocycles. The molecule has 4 nitrogen and oxygen atoms in total. The van der Waals surface area contributed by atoms with Gasteiger partial charge >= 0.3 is 0 Å². The van der Waals surface area contributed by atoms with Crippen molar-refractivity contribution in [2.24, 2.45) is 0 Å². The first kappa shape index (κ1) is 15.8. The molecule has 0 saturated carbocycles. The Balaban J connectivity index is 0.00000180. The zero-order chi connectivity index (χ0) is 12.8. The van der Waals surface area contributed by atoms with Gasteiger partial charge < -0.3 is 15.4 Å². The van der Waals surface area contributed by atoms with Crippen LogP contribution in [0.1, 0.15) is 30.1 Å². The highest BCUT2D eigenvalue weighted by Crippen LogP contribution is 2.14. The number of nitrogens with one attached hydrogen (secondary N) is 2. The molecule has 1 aliphatic heterocycles. The van der Waals surface area contributed by atoms with E-state index in [1.807, 2.05) is 25.1 Å². The number of halogens is 1. The van der Waals surface area contributed by atoms with E-state index < -0.39 is 0 Å². The van der Waals surface area contributed by atoms with Gasteiger partial charge in [0, 0.05) is 11.6 Å². The van der Waals surface area contributed by atoms with Gasteiger partial charge in [0.05, 0.1) is 6.61 Å². The summed E-state index contributed by atoms with van der Waals surface area (Å²) in [4.78, 5) is 12.1. The molecule has 0 aromatic heterocycles. The summed E-state index contributed by atoms with van der Waals surface area (Å²) in [6, 6.07) is 7.61. The smallest absolute Gasteiger partial charge is 0.251 e. The highest BCUT2D eigenvalue weighted by Gasteiger charge is 2.16. The molecule has 1 aliphatic rings. The van der Waals surface area contributed by atoms with Gasteiger partial charge in [-0.1, -0.05) is 6.07 Å². The van der Waals surface area contributed by atoms with Crippen LogP contribution in [0.5, 0.6) is 5.75 Å². The Kier molecular flexibility index (Phi) is 6.67. The van der Waals surface area contributed by atoms with E-state index in [1.54, 1.807) is 6.07 Å². The van der Waals surface area contributed by atoms with Gasteiger partial charge in [0.2, 0.25) is 0 Å². The number of carbonyl (C=O) groups is 1. The molecular formula is C14H21ClN2O2. The fourth-order valence-corrected chi connectivity index (χ4v) is 2.13. The summed E-state index contributed by atoms with van der Waals surface area (Å²) < 4.78 is 5.40. The number of ether oxygens (including phenoxy) is 1. The molecule has 0 spiro atoms. The third-order valence-electron chi connectivity index (χ3n) is 3.08. The molecule has 19 heavy (non-hydrogen) atoms. The lowest BCUT2D eigenvalue weighted by atomic mass is 10.1. The van der Waals surface area contributed by atoms with E-state index in [2.05, 4.69) is 10.6 Å². The second-order valence-electron chi connectivity index (χ2n) is 4.46. The molecule has 1 heterocycles. The standard InChI is InChI=1S/C14H20N2O2.ClH/c1-2-18-13-5-3-4-11(10-13)14(17)16-12-6-8-15-9-7-12;/h3-5,10,12,15H,2,6-9H2,1H3,(H,16,17);1H. The van der Waals surface area contributed by atoms with E-state index in [4.69, 9.17) is 4.74 Å². The van der Waals surface area contributed by atoms with Gasteiger partial charge in [0.1, 0.15) is 5.75 Å². The molecule has 0 radical (unpaired) electrons. The Morgan fingerprint density at radius 3 is 2.84 bits per heavy atom. The molecule has 1 amide bonds. The second-order valence-corrected chi connectivity index (χ2v) is 4.46. The van der Waals surface area contributed by atoms with E-state index >= 15 is 0 Å². The molecule has 2 N–H and O–H groups in total. The third kappa shape index (κ3) is 4.73. The summed E-state index contributed by atoms with van der Waals surface area (Å²) >= 11 is 0. The van der Waals surface area contributed by atoms with Crippen molar-refractivity contribution in [3.8, 4) is 5.75 Å². The number of rotatable bonds is 4. The monoisotopic (exact) mass is 284 g/mol. The number of carbonyl (C=O) groups excluding carboxylic acids is 1. The summed E-state index contributed by atoms with van der Waals surface area (Å²) in [6.45, 7) is 4.50. The molecule has 2 rings (SSSR count). The minimum Gasteiger partial charge on any atom is -0.494 e. The van der Waals surface area contributed by atoms with Crippen LogP contribution in [0, 0.1) is 0 Å². The molecule has 106 valence electrons. The summed E-state index contributed by atoms with van der Waals surface area (Å²) in [6.07, 6.45) is 1.99. The molecule has 0 aliphatic carbocycles. The summed E-state index contributed by atoms with van der Waals surface area (Å²) in [5.74, 6) is 0.735. The highest BCUT2D eigenvalue weighted by atomic mass is 35.5. The number of piperidine rings is 1. The summed E-state index contributed by atoms with van der Waals surface area (Å²) in [5, 5.41) is 6.35. The van der Waals surface area contributed by atoms with Crippen LogP contribution < -0.4 is 15.4 Å². The molecule has 1 fully saturated rings. The molecular weight excluding hydrogens is 264 g/mol. The van der Waals surface area contributed by atoms with Gasteiger partial charge in [-0.05, 0) is 51.1 Å². The van der Waals surface area contributed by atoms with Crippen molar-refractivity contribution in [3.05, 3.63) is 29.8 Å². The average molecular weight is 285 g/mol. The van der Waals surface area contributed by atoms with Gasteiger partial charge in [-0.3, -0.25) is 4.79 Å². The van der Waals surface area contributed by atoms with Crippen molar-refractivity contribution in [2.75, 3.05) is 19.7 Å². The fourth-order valence-electron chi connectivity index (χ4n) is 2.13. The molecule has 5 heteroatoms. The van der Waals surface area contributed by atoms with E-state index in [1.165, 1.54) is 0 Å². The van der Waals surface area contributed by atoms with Crippen LogP contribution in [0.3, 0.4) is 0 Å². The minimum absolute atomic E-state index is 0. The number of benzene rings is 1. The predicted molar refractivity (Wildman–Crippen MR) is 78.2 cm³/mol. The van der Waals surface area contributed by atoms with Crippen LogP contribution in [0.15, 0.2) is 24.3 Å². The minimum atomic E-state index is -0.0107. The Hall–Kier alpha value is -1.26. The zero-order valence-corrected chi connectivity index (χ0v) is 12.0. The third-order valence-corrected chi connectivity index (χ3v) is 3.08. The van der Waals surface area contributed by atoms with Crippen LogP contribution in [0.4, 0.5) is 0 Å². The molecule has 0 atom stereocenters. The Morgan fingerprint density at radius 1 is 1.42 bits per heavy atom. The Bertz CT molecular complexity index is 406. The lowest BCUT2D eigenvalue weighted by Gasteiger charge is -2.23. The van der Waals surface area contributed by atoms with Crippen LogP contribution in [-0.2, 0) is 0 Å². The SMILES string of the molecule is CCOc1cccc(C(=O)NC2CCNCC2)c1.Cl. The van der Waals surface area contributed by atoms with Crippen LogP contribution in [0.2, 0.25) is 0 Å². The van der Waals surface area contributed by atoms with Crippen molar-refractivity contribution in [2.45, 2.75) is 25.8 Å². The second kappa shape index (κ2) is 8.02. The first-order valence-electron chi connectivity index (χ1n) is 6.54. The van der Waals surface area contributed by atoms with Crippen LogP contribution in [0.25, 0.3) is 0 Å². The lowest BCUT2D eigenvalue weighted by molar-refractivity contribution is 0.0929. The lowest BCUT2D eigenvalue weighted by Crippen LogP contribution is -2.42. The van der Waals surface area contributed by atoms with Crippen molar-refractivity contribution in [3.63, 3.8) is 0 Å². The number of amides is 1. The van der Waals surface area contributed by atoms with Gasteiger partial charge in [-0.2, -0.15) is 0 Å². The van der Waals surface area contributed by atoms with E-state index in [0.717, 1.165) is 31.7 Å². The predicted octanol–water partition coefficient (Wildman–Crippen LogP) is 1.99. The van der Waals surface area contributed by atoms with E-state index in [9.17, 15) is 4.79 Å². The summed E-state index contributed by atoms with van der Waals surface area (Å²) in [7, 11) is 0. The average Bonchev–Trinajstić information content (AvgIpc) is 2.40. The topological polar surface area (TPSA) is 50.4 Å². The van der Waals surface area contributed by atoms with Gasteiger partial charge in [0.25, 0.3) is 5.91 Å². The van der Waals surface area contributed by atoms with Crippen molar-refractivity contribution < 1.29 is 9.53 Å². The first-order chi connectivity index (χ1) is 8.79.